The first-order chi connectivity index (χ1) is 16.5. The van der Waals surface area contributed by atoms with Crippen LogP contribution in [0.3, 0.4) is 0 Å². The van der Waals surface area contributed by atoms with Crippen molar-refractivity contribution in [2.24, 2.45) is 5.92 Å². The maximum absolute atomic E-state index is 12.9. The Morgan fingerprint density at radius 2 is 1.71 bits per heavy atom. The number of hydrogen-bond donors (Lipinski definition) is 2. The highest BCUT2D eigenvalue weighted by atomic mass is 32.2. The quantitative estimate of drug-likeness (QED) is 0.485. The van der Waals surface area contributed by atoms with Gasteiger partial charge in [-0.25, -0.2) is 8.42 Å². The zero-order chi connectivity index (χ0) is 23.5. The molecule has 2 aromatic carbocycles. The molecule has 1 saturated heterocycles. The molecular weight excluding hydrogens is 468 g/mol. The van der Waals surface area contributed by atoms with Crippen molar-refractivity contribution in [1.29, 1.82) is 0 Å². The SMILES string of the molecule is O=C(Nc1cccc(N2CCN(CC3CC3)CC2)c1)c1cccc(NS(=O)(=O)c2cccs2)c1. The number of piperazine rings is 1. The third-order valence-corrected chi connectivity index (χ3v) is 8.97. The highest BCUT2D eigenvalue weighted by molar-refractivity contribution is 7.94. The van der Waals surface area contributed by atoms with Gasteiger partial charge in [-0.15, -0.1) is 11.3 Å². The molecule has 0 atom stereocenters. The number of carbonyl (C=O) groups excluding carboxylic acids is 1. The van der Waals surface area contributed by atoms with Crippen molar-refractivity contribution in [3.8, 4) is 0 Å². The highest BCUT2D eigenvalue weighted by Gasteiger charge is 2.26. The maximum atomic E-state index is 12.9. The lowest BCUT2D eigenvalue weighted by Crippen LogP contribution is -2.47. The molecule has 0 radical (unpaired) electrons. The molecule has 0 spiro atoms. The molecular formula is C25H28N4O3S2. The van der Waals surface area contributed by atoms with Gasteiger partial charge in [0.2, 0.25) is 0 Å². The van der Waals surface area contributed by atoms with E-state index in [1.165, 1.54) is 19.4 Å². The van der Waals surface area contributed by atoms with Crippen molar-refractivity contribution < 1.29 is 13.2 Å². The number of hydrogen-bond acceptors (Lipinski definition) is 6. The summed E-state index contributed by atoms with van der Waals surface area (Å²) in [6.45, 7) is 5.34. The molecule has 34 heavy (non-hydrogen) atoms. The molecule has 9 heteroatoms. The first kappa shape index (κ1) is 22.9. The van der Waals surface area contributed by atoms with Crippen LogP contribution in [-0.2, 0) is 10.0 Å². The molecule has 1 saturated carbocycles. The van der Waals surface area contributed by atoms with Gasteiger partial charge in [-0.2, -0.15) is 0 Å². The molecule has 1 aliphatic heterocycles. The molecule has 1 amide bonds. The first-order valence-corrected chi connectivity index (χ1v) is 13.9. The lowest BCUT2D eigenvalue weighted by molar-refractivity contribution is 0.102. The largest absolute Gasteiger partial charge is 0.369 e. The Kier molecular flexibility index (Phi) is 6.58. The zero-order valence-electron chi connectivity index (χ0n) is 18.8. The standard InChI is InChI=1S/C25H28N4O3S2/c30-25(20-4-1-6-22(16-20)27-34(31,32)24-8-3-15-33-24)26-21-5-2-7-23(17-21)29-13-11-28(12-14-29)18-19-9-10-19/h1-8,15-17,19,27H,9-14,18H2,(H,26,30). The minimum atomic E-state index is -3.67. The van der Waals surface area contributed by atoms with Crippen molar-refractivity contribution in [3.63, 3.8) is 0 Å². The van der Waals surface area contributed by atoms with Gasteiger partial charge in [0, 0.05) is 55.3 Å². The molecule has 2 fully saturated rings. The average molecular weight is 497 g/mol. The van der Waals surface area contributed by atoms with Crippen LogP contribution in [0.1, 0.15) is 23.2 Å². The molecule has 5 rings (SSSR count). The molecule has 7 nitrogen and oxygen atoms in total. The van der Waals surface area contributed by atoms with Gasteiger partial charge >= 0.3 is 0 Å². The summed E-state index contributed by atoms with van der Waals surface area (Å²) in [7, 11) is -3.67. The molecule has 0 unspecified atom stereocenters. The van der Waals surface area contributed by atoms with Gasteiger partial charge in [0.05, 0.1) is 0 Å². The first-order valence-electron chi connectivity index (χ1n) is 11.5. The van der Waals surface area contributed by atoms with E-state index in [1.807, 2.05) is 18.2 Å². The van der Waals surface area contributed by atoms with E-state index in [0.717, 1.165) is 49.1 Å². The van der Waals surface area contributed by atoms with Crippen LogP contribution in [0.25, 0.3) is 0 Å². The average Bonchev–Trinajstić information content (AvgIpc) is 3.46. The van der Waals surface area contributed by atoms with Crippen LogP contribution in [-0.4, -0.2) is 51.9 Å². The molecule has 2 N–H and O–H groups in total. The smallest absolute Gasteiger partial charge is 0.271 e. The van der Waals surface area contributed by atoms with Crippen molar-refractivity contribution in [3.05, 3.63) is 71.6 Å². The number of benzene rings is 2. The predicted octanol–water partition coefficient (Wildman–Crippen LogP) is 4.33. The summed E-state index contributed by atoms with van der Waals surface area (Å²) in [5.74, 6) is 0.623. The van der Waals surface area contributed by atoms with E-state index in [2.05, 4.69) is 25.9 Å². The molecule has 2 heterocycles. The van der Waals surface area contributed by atoms with E-state index in [0.29, 0.717) is 16.9 Å². The van der Waals surface area contributed by atoms with Crippen LogP contribution < -0.4 is 14.9 Å². The van der Waals surface area contributed by atoms with Gasteiger partial charge in [0.1, 0.15) is 4.21 Å². The Morgan fingerprint density at radius 1 is 0.941 bits per heavy atom. The van der Waals surface area contributed by atoms with Crippen LogP contribution in [0, 0.1) is 5.92 Å². The van der Waals surface area contributed by atoms with Gasteiger partial charge in [-0.3, -0.25) is 14.4 Å². The summed E-state index contributed by atoms with van der Waals surface area (Å²) in [5, 5.41) is 4.66. The Morgan fingerprint density at radius 3 is 2.44 bits per heavy atom. The van der Waals surface area contributed by atoms with E-state index < -0.39 is 10.0 Å². The van der Waals surface area contributed by atoms with Gasteiger partial charge in [0.25, 0.3) is 15.9 Å². The number of thiophene rings is 1. The fourth-order valence-electron chi connectivity index (χ4n) is 4.18. The number of rotatable bonds is 8. The van der Waals surface area contributed by atoms with Crippen molar-refractivity contribution >= 4 is 44.3 Å². The van der Waals surface area contributed by atoms with Gasteiger partial charge < -0.3 is 10.2 Å². The Bertz CT molecular complexity index is 1250. The fraction of sp³-hybridized carbons (Fsp3) is 0.320. The molecule has 1 aliphatic carbocycles. The van der Waals surface area contributed by atoms with Crippen molar-refractivity contribution in [1.82, 2.24) is 4.90 Å². The van der Waals surface area contributed by atoms with Crippen LogP contribution in [0.5, 0.6) is 0 Å². The lowest BCUT2D eigenvalue weighted by Gasteiger charge is -2.36. The van der Waals surface area contributed by atoms with Crippen LogP contribution in [0.4, 0.5) is 17.1 Å². The van der Waals surface area contributed by atoms with Crippen molar-refractivity contribution in [2.75, 3.05) is 47.7 Å². The summed E-state index contributed by atoms with van der Waals surface area (Å²) in [6.07, 6.45) is 2.76. The second-order valence-corrected chi connectivity index (χ2v) is 11.7. The number of carbonyl (C=O) groups is 1. The van der Waals surface area contributed by atoms with E-state index >= 15 is 0 Å². The van der Waals surface area contributed by atoms with Crippen LogP contribution in [0.2, 0.25) is 0 Å². The normalized spacial score (nSPS) is 16.9. The van der Waals surface area contributed by atoms with Crippen molar-refractivity contribution in [2.45, 2.75) is 17.1 Å². The lowest BCUT2D eigenvalue weighted by atomic mass is 10.1. The maximum Gasteiger partial charge on any atom is 0.271 e. The molecule has 2 aliphatic rings. The number of amides is 1. The number of anilines is 3. The van der Waals surface area contributed by atoms with Crippen LogP contribution in [0.15, 0.2) is 70.3 Å². The number of sulfonamides is 1. The summed E-state index contributed by atoms with van der Waals surface area (Å²) in [5.41, 5.74) is 2.54. The Hall–Kier alpha value is -2.88. The molecule has 3 aromatic rings. The second kappa shape index (κ2) is 9.77. The summed E-state index contributed by atoms with van der Waals surface area (Å²) >= 11 is 1.14. The van der Waals surface area contributed by atoms with Gasteiger partial charge in [-0.1, -0.05) is 18.2 Å². The fourth-order valence-corrected chi connectivity index (χ4v) is 6.23. The molecule has 1 aromatic heterocycles. The van der Waals surface area contributed by atoms with E-state index in [9.17, 15) is 13.2 Å². The summed E-state index contributed by atoms with van der Waals surface area (Å²) in [4.78, 5) is 17.8. The van der Waals surface area contributed by atoms with E-state index in [-0.39, 0.29) is 10.1 Å². The minimum absolute atomic E-state index is 0.229. The Balaban J connectivity index is 1.22. The molecule has 0 bridgehead atoms. The van der Waals surface area contributed by atoms with E-state index in [4.69, 9.17) is 0 Å². The minimum Gasteiger partial charge on any atom is -0.369 e. The van der Waals surface area contributed by atoms with Gasteiger partial charge in [-0.05, 0) is 66.6 Å². The monoisotopic (exact) mass is 496 g/mol. The highest BCUT2D eigenvalue weighted by Crippen LogP contribution is 2.30. The predicted molar refractivity (Wildman–Crippen MR) is 137 cm³/mol. The zero-order valence-corrected chi connectivity index (χ0v) is 20.4. The molecule has 178 valence electrons. The van der Waals surface area contributed by atoms with Gasteiger partial charge in [0.15, 0.2) is 0 Å². The summed E-state index contributed by atoms with van der Waals surface area (Å²) < 4.78 is 27.8. The third-order valence-electron chi connectivity index (χ3n) is 6.19. The second-order valence-electron chi connectivity index (χ2n) is 8.85. The van der Waals surface area contributed by atoms with Crippen LogP contribution >= 0.6 is 11.3 Å². The summed E-state index contributed by atoms with van der Waals surface area (Å²) in [6, 6.07) is 17.6. The Labute approximate surface area is 204 Å². The third kappa shape index (κ3) is 5.60. The topological polar surface area (TPSA) is 81.8 Å². The number of nitrogens with zero attached hydrogens (tertiary/aromatic N) is 2. The number of nitrogens with one attached hydrogen (secondary N) is 2. The van der Waals surface area contributed by atoms with E-state index in [1.54, 1.807) is 41.8 Å².